The highest BCUT2D eigenvalue weighted by atomic mass is 32.2. The van der Waals surface area contributed by atoms with Gasteiger partial charge in [-0.05, 0) is 42.7 Å². The number of rotatable bonds is 3. The van der Waals surface area contributed by atoms with Gasteiger partial charge in [0.2, 0.25) is 0 Å². The van der Waals surface area contributed by atoms with Gasteiger partial charge in [-0.3, -0.25) is 4.31 Å². The van der Waals surface area contributed by atoms with E-state index < -0.39 is 10.0 Å². The highest BCUT2D eigenvalue weighted by Gasteiger charge is 2.28. The van der Waals surface area contributed by atoms with Crippen molar-refractivity contribution >= 4 is 21.4 Å². The van der Waals surface area contributed by atoms with Gasteiger partial charge >= 0.3 is 0 Å². The average Bonchev–Trinajstić information content (AvgIpc) is 2.54. The molecule has 0 saturated carbocycles. The zero-order valence-corrected chi connectivity index (χ0v) is 12.7. The quantitative estimate of drug-likeness (QED) is 0.948. The van der Waals surface area contributed by atoms with E-state index in [0.29, 0.717) is 11.4 Å². The van der Waals surface area contributed by atoms with Crippen molar-refractivity contribution in [2.75, 3.05) is 23.2 Å². The Morgan fingerprint density at radius 3 is 2.71 bits per heavy atom. The number of para-hydroxylation sites is 1. The molecular weight excluding hydrogens is 284 g/mol. The second-order valence-electron chi connectivity index (χ2n) is 5.09. The van der Waals surface area contributed by atoms with Crippen LogP contribution in [0, 0.1) is 0 Å². The van der Waals surface area contributed by atoms with Crippen molar-refractivity contribution in [3.8, 4) is 0 Å². The second-order valence-corrected chi connectivity index (χ2v) is 6.95. The third-order valence-electron chi connectivity index (χ3n) is 3.78. The summed E-state index contributed by atoms with van der Waals surface area (Å²) in [7, 11) is -1.74. The Balaban J connectivity index is 2.07. The Bertz CT molecular complexity index is 756. The van der Waals surface area contributed by atoms with Crippen LogP contribution in [0.15, 0.2) is 53.4 Å². The lowest BCUT2D eigenvalue weighted by Gasteiger charge is -2.30. The number of anilines is 2. The number of nitrogens with one attached hydrogen (secondary N) is 1. The monoisotopic (exact) mass is 302 g/mol. The Morgan fingerprint density at radius 2 is 1.90 bits per heavy atom. The van der Waals surface area contributed by atoms with Gasteiger partial charge in [-0.1, -0.05) is 24.3 Å². The molecule has 5 heteroatoms. The van der Waals surface area contributed by atoms with Crippen LogP contribution >= 0.6 is 0 Å². The van der Waals surface area contributed by atoms with Gasteiger partial charge in [-0.25, -0.2) is 8.42 Å². The van der Waals surface area contributed by atoms with Crippen LogP contribution < -0.4 is 9.62 Å². The first kappa shape index (κ1) is 13.9. The van der Waals surface area contributed by atoms with E-state index >= 15 is 0 Å². The molecule has 3 rings (SSSR count). The summed E-state index contributed by atoms with van der Waals surface area (Å²) in [4.78, 5) is 0.325. The fraction of sp³-hybridized carbons (Fsp3) is 0.250. The van der Waals surface area contributed by atoms with E-state index in [9.17, 15) is 8.42 Å². The maximum atomic E-state index is 12.9. The van der Waals surface area contributed by atoms with Gasteiger partial charge in [0.15, 0.2) is 0 Å². The summed E-state index contributed by atoms with van der Waals surface area (Å²) < 4.78 is 27.4. The second kappa shape index (κ2) is 5.41. The Hall–Kier alpha value is -2.01. The number of fused-ring (bicyclic) bond motifs is 1. The van der Waals surface area contributed by atoms with Crippen molar-refractivity contribution in [1.29, 1.82) is 0 Å². The molecule has 0 aromatic heterocycles. The number of hydrogen-bond donors (Lipinski definition) is 1. The number of nitrogens with zero attached hydrogens (tertiary/aromatic N) is 1. The number of aryl methyl sites for hydroxylation is 1. The third-order valence-corrected chi connectivity index (χ3v) is 5.59. The maximum absolute atomic E-state index is 12.9. The Labute approximate surface area is 125 Å². The molecule has 1 heterocycles. The highest BCUT2D eigenvalue weighted by Crippen LogP contribution is 2.32. The molecule has 1 N–H and O–H groups in total. The van der Waals surface area contributed by atoms with E-state index in [1.165, 1.54) is 4.31 Å². The first-order chi connectivity index (χ1) is 10.1. The van der Waals surface area contributed by atoms with E-state index in [0.717, 1.165) is 29.8 Å². The average molecular weight is 302 g/mol. The minimum absolute atomic E-state index is 0.325. The highest BCUT2D eigenvalue weighted by molar-refractivity contribution is 7.92. The zero-order valence-electron chi connectivity index (χ0n) is 11.9. The summed E-state index contributed by atoms with van der Waals surface area (Å²) in [6.07, 6.45) is 1.78. The van der Waals surface area contributed by atoms with Crippen LogP contribution in [0.5, 0.6) is 0 Å². The molecule has 0 radical (unpaired) electrons. The fourth-order valence-corrected chi connectivity index (χ4v) is 4.28. The smallest absolute Gasteiger partial charge is 0.264 e. The fourth-order valence-electron chi connectivity index (χ4n) is 2.69. The summed E-state index contributed by atoms with van der Waals surface area (Å²) >= 11 is 0. The van der Waals surface area contributed by atoms with Crippen molar-refractivity contribution in [3.05, 3.63) is 54.1 Å². The first-order valence-electron chi connectivity index (χ1n) is 7.01. The van der Waals surface area contributed by atoms with Gasteiger partial charge in [-0.15, -0.1) is 0 Å². The largest absolute Gasteiger partial charge is 0.388 e. The Kier molecular flexibility index (Phi) is 3.59. The topological polar surface area (TPSA) is 49.4 Å². The Morgan fingerprint density at radius 1 is 1.10 bits per heavy atom. The van der Waals surface area contributed by atoms with Gasteiger partial charge in [0, 0.05) is 19.3 Å². The molecule has 110 valence electrons. The van der Waals surface area contributed by atoms with Crippen molar-refractivity contribution < 1.29 is 8.42 Å². The molecule has 0 fully saturated rings. The van der Waals surface area contributed by atoms with Crippen molar-refractivity contribution in [3.63, 3.8) is 0 Å². The summed E-state index contributed by atoms with van der Waals surface area (Å²) in [6, 6.07) is 14.7. The van der Waals surface area contributed by atoms with E-state index in [2.05, 4.69) is 5.32 Å². The van der Waals surface area contributed by atoms with Gasteiger partial charge in [0.1, 0.15) is 0 Å². The minimum Gasteiger partial charge on any atom is -0.388 e. The van der Waals surface area contributed by atoms with Crippen LogP contribution in [-0.2, 0) is 16.4 Å². The van der Waals surface area contributed by atoms with Crippen LogP contribution in [0.2, 0.25) is 0 Å². The number of benzene rings is 2. The predicted molar refractivity (Wildman–Crippen MR) is 85.3 cm³/mol. The normalized spacial score (nSPS) is 14.6. The predicted octanol–water partition coefficient (Wildman–Crippen LogP) is 2.87. The molecule has 1 aliphatic heterocycles. The maximum Gasteiger partial charge on any atom is 0.264 e. The number of sulfonamides is 1. The molecule has 0 aliphatic carbocycles. The SMILES string of the molecule is CNc1cccc(S(=O)(=O)N2CCCc3ccccc32)c1. The molecule has 0 amide bonds. The first-order valence-corrected chi connectivity index (χ1v) is 8.45. The minimum atomic E-state index is -3.51. The standard InChI is InChI=1S/C16H18N2O2S/c1-17-14-8-4-9-15(12-14)21(19,20)18-11-5-7-13-6-2-3-10-16(13)18/h2-4,6,8-10,12,17H,5,7,11H2,1H3. The lowest BCUT2D eigenvalue weighted by molar-refractivity contribution is 0.586. The molecule has 2 aromatic rings. The molecular formula is C16H18N2O2S. The van der Waals surface area contributed by atoms with Crippen LogP contribution in [0.25, 0.3) is 0 Å². The van der Waals surface area contributed by atoms with Crippen molar-refractivity contribution in [1.82, 2.24) is 0 Å². The van der Waals surface area contributed by atoms with E-state index in [-0.39, 0.29) is 0 Å². The van der Waals surface area contributed by atoms with Gasteiger partial charge in [0.05, 0.1) is 10.6 Å². The van der Waals surface area contributed by atoms with E-state index in [1.807, 2.05) is 30.3 Å². The van der Waals surface area contributed by atoms with Crippen LogP contribution in [0.4, 0.5) is 11.4 Å². The molecule has 21 heavy (non-hydrogen) atoms. The lowest BCUT2D eigenvalue weighted by Crippen LogP contribution is -2.35. The van der Waals surface area contributed by atoms with Gasteiger partial charge < -0.3 is 5.32 Å². The molecule has 0 unspecified atom stereocenters. The van der Waals surface area contributed by atoms with Crippen LogP contribution in [-0.4, -0.2) is 22.0 Å². The third kappa shape index (κ3) is 2.49. The van der Waals surface area contributed by atoms with Crippen molar-refractivity contribution in [2.45, 2.75) is 17.7 Å². The summed E-state index contributed by atoms with van der Waals surface area (Å²) in [6.45, 7) is 0.531. The molecule has 1 aliphatic rings. The summed E-state index contributed by atoms with van der Waals surface area (Å²) in [5, 5.41) is 2.98. The molecule has 0 saturated heterocycles. The van der Waals surface area contributed by atoms with Crippen LogP contribution in [0.3, 0.4) is 0 Å². The van der Waals surface area contributed by atoms with E-state index in [1.54, 1.807) is 25.2 Å². The van der Waals surface area contributed by atoms with Crippen LogP contribution in [0.1, 0.15) is 12.0 Å². The summed E-state index contributed by atoms with van der Waals surface area (Å²) in [5.41, 5.74) is 2.69. The lowest BCUT2D eigenvalue weighted by atomic mass is 10.0. The molecule has 0 spiro atoms. The van der Waals surface area contributed by atoms with E-state index in [4.69, 9.17) is 0 Å². The van der Waals surface area contributed by atoms with Gasteiger partial charge in [0.25, 0.3) is 10.0 Å². The molecule has 2 aromatic carbocycles. The van der Waals surface area contributed by atoms with Crippen molar-refractivity contribution in [2.24, 2.45) is 0 Å². The number of hydrogen-bond acceptors (Lipinski definition) is 3. The molecule has 0 bridgehead atoms. The van der Waals surface area contributed by atoms with Gasteiger partial charge in [-0.2, -0.15) is 0 Å². The molecule has 0 atom stereocenters. The summed E-state index contributed by atoms with van der Waals surface area (Å²) in [5.74, 6) is 0. The molecule has 4 nitrogen and oxygen atoms in total. The zero-order chi connectivity index (χ0) is 14.9.